The van der Waals surface area contributed by atoms with Crippen molar-refractivity contribution < 1.29 is 4.79 Å². The molecule has 0 aliphatic rings. The number of carbonyl (C=O) groups is 1. The van der Waals surface area contributed by atoms with Gasteiger partial charge >= 0.3 is 0 Å². The molecule has 1 N–H and O–H groups in total. The van der Waals surface area contributed by atoms with Crippen molar-refractivity contribution in [2.24, 2.45) is 5.92 Å². The van der Waals surface area contributed by atoms with E-state index in [4.69, 9.17) is 5.26 Å². The molecule has 0 radical (unpaired) electrons. The molecule has 0 bridgehead atoms. The first-order valence-corrected chi connectivity index (χ1v) is 7.34. The molecule has 102 valence electrons. The number of rotatable bonds is 4. The first kappa shape index (κ1) is 14.3. The highest BCUT2D eigenvalue weighted by molar-refractivity contribution is 7.10. The fourth-order valence-electron chi connectivity index (χ4n) is 1.96. The van der Waals surface area contributed by atoms with Gasteiger partial charge in [0.15, 0.2) is 0 Å². The van der Waals surface area contributed by atoms with E-state index < -0.39 is 0 Å². The van der Waals surface area contributed by atoms with Crippen LogP contribution in [-0.4, -0.2) is 5.91 Å². The third-order valence-corrected chi connectivity index (χ3v) is 4.03. The summed E-state index contributed by atoms with van der Waals surface area (Å²) in [5.41, 5.74) is 1.13. The Balaban J connectivity index is 2.14. The molecule has 1 amide bonds. The van der Waals surface area contributed by atoms with Crippen LogP contribution in [-0.2, 0) is 0 Å². The van der Waals surface area contributed by atoms with Crippen LogP contribution < -0.4 is 5.32 Å². The van der Waals surface area contributed by atoms with Crippen molar-refractivity contribution in [1.82, 2.24) is 5.32 Å². The van der Waals surface area contributed by atoms with E-state index in [0.717, 1.165) is 4.88 Å². The molecule has 0 unspecified atom stereocenters. The Morgan fingerprint density at radius 2 is 1.95 bits per heavy atom. The van der Waals surface area contributed by atoms with E-state index in [-0.39, 0.29) is 11.9 Å². The lowest BCUT2D eigenvalue weighted by Gasteiger charge is -2.21. The van der Waals surface area contributed by atoms with E-state index in [1.165, 1.54) is 0 Å². The summed E-state index contributed by atoms with van der Waals surface area (Å²) < 4.78 is 0. The molecular formula is C16H16N2OS. The van der Waals surface area contributed by atoms with Crippen molar-refractivity contribution in [2.45, 2.75) is 19.9 Å². The predicted molar refractivity (Wildman–Crippen MR) is 80.5 cm³/mol. The molecule has 3 nitrogen and oxygen atoms in total. The maximum Gasteiger partial charge on any atom is 0.251 e. The molecular weight excluding hydrogens is 268 g/mol. The summed E-state index contributed by atoms with van der Waals surface area (Å²) in [4.78, 5) is 13.4. The van der Waals surface area contributed by atoms with E-state index in [2.05, 4.69) is 19.2 Å². The maximum atomic E-state index is 12.3. The van der Waals surface area contributed by atoms with Gasteiger partial charge in [-0.3, -0.25) is 4.79 Å². The third-order valence-electron chi connectivity index (χ3n) is 3.08. The van der Waals surface area contributed by atoms with E-state index in [0.29, 0.717) is 17.0 Å². The number of hydrogen-bond donors (Lipinski definition) is 1. The summed E-state index contributed by atoms with van der Waals surface area (Å²) in [6.07, 6.45) is 0. The zero-order chi connectivity index (χ0) is 14.5. The number of amides is 1. The zero-order valence-corrected chi connectivity index (χ0v) is 12.3. The molecule has 0 spiro atoms. The molecule has 0 aliphatic carbocycles. The van der Waals surface area contributed by atoms with Crippen LogP contribution in [0, 0.1) is 17.2 Å². The van der Waals surface area contributed by atoms with E-state index >= 15 is 0 Å². The summed E-state index contributed by atoms with van der Waals surface area (Å²) in [5, 5.41) is 13.8. The average molecular weight is 284 g/mol. The topological polar surface area (TPSA) is 52.9 Å². The molecule has 1 aromatic heterocycles. The van der Waals surface area contributed by atoms with Gasteiger partial charge in [-0.15, -0.1) is 11.3 Å². The molecule has 2 aromatic rings. The van der Waals surface area contributed by atoms with Gasteiger partial charge in [0.25, 0.3) is 5.91 Å². The Labute approximate surface area is 122 Å². The Hall–Kier alpha value is -2.12. The Morgan fingerprint density at radius 1 is 1.25 bits per heavy atom. The molecule has 0 fully saturated rings. The normalized spacial score (nSPS) is 11.9. The van der Waals surface area contributed by atoms with Crippen molar-refractivity contribution in [2.75, 3.05) is 0 Å². The Morgan fingerprint density at radius 3 is 2.45 bits per heavy atom. The monoisotopic (exact) mass is 284 g/mol. The maximum absolute atomic E-state index is 12.3. The van der Waals surface area contributed by atoms with Gasteiger partial charge in [0.2, 0.25) is 0 Å². The van der Waals surface area contributed by atoms with Crippen LogP contribution in [0.5, 0.6) is 0 Å². The van der Waals surface area contributed by atoms with Gasteiger partial charge in [0.05, 0.1) is 17.7 Å². The zero-order valence-electron chi connectivity index (χ0n) is 11.5. The number of carbonyl (C=O) groups excluding carboxylic acids is 1. The lowest BCUT2D eigenvalue weighted by molar-refractivity contribution is 0.0926. The second kappa shape index (κ2) is 6.36. The fourth-order valence-corrected chi connectivity index (χ4v) is 2.90. The van der Waals surface area contributed by atoms with Crippen LogP contribution in [0.3, 0.4) is 0 Å². The van der Waals surface area contributed by atoms with Gasteiger partial charge in [-0.25, -0.2) is 0 Å². The Kier molecular flexibility index (Phi) is 4.54. The van der Waals surface area contributed by atoms with Crippen LogP contribution in [0.2, 0.25) is 0 Å². The van der Waals surface area contributed by atoms with Crippen molar-refractivity contribution in [1.29, 1.82) is 5.26 Å². The summed E-state index contributed by atoms with van der Waals surface area (Å²) in [5.74, 6) is 0.206. The van der Waals surface area contributed by atoms with Crippen LogP contribution in [0.25, 0.3) is 0 Å². The van der Waals surface area contributed by atoms with E-state index in [9.17, 15) is 4.79 Å². The second-order valence-electron chi connectivity index (χ2n) is 4.90. The highest BCUT2D eigenvalue weighted by Crippen LogP contribution is 2.26. The van der Waals surface area contributed by atoms with Gasteiger partial charge < -0.3 is 5.32 Å². The smallest absolute Gasteiger partial charge is 0.251 e. The lowest BCUT2D eigenvalue weighted by atomic mass is 10.0. The summed E-state index contributed by atoms with van der Waals surface area (Å²) in [6.45, 7) is 4.17. The van der Waals surface area contributed by atoms with Crippen LogP contribution in [0.1, 0.15) is 40.7 Å². The molecule has 1 aromatic carbocycles. The number of benzene rings is 1. The number of thiophene rings is 1. The Bertz CT molecular complexity index is 609. The first-order valence-electron chi connectivity index (χ1n) is 6.46. The molecule has 0 saturated carbocycles. The third kappa shape index (κ3) is 3.25. The highest BCUT2D eigenvalue weighted by Gasteiger charge is 2.19. The van der Waals surface area contributed by atoms with Gasteiger partial charge in [-0.2, -0.15) is 5.26 Å². The quantitative estimate of drug-likeness (QED) is 0.929. The summed E-state index contributed by atoms with van der Waals surface area (Å²) in [6, 6.07) is 12.8. The summed E-state index contributed by atoms with van der Waals surface area (Å²) in [7, 11) is 0. The van der Waals surface area contributed by atoms with Gasteiger partial charge in [0, 0.05) is 10.4 Å². The van der Waals surface area contributed by atoms with Crippen LogP contribution in [0.15, 0.2) is 41.8 Å². The molecule has 2 rings (SSSR count). The minimum absolute atomic E-state index is 0.0122. The highest BCUT2D eigenvalue weighted by atomic mass is 32.1. The molecule has 0 saturated heterocycles. The minimum atomic E-state index is -0.110. The average Bonchev–Trinajstić information content (AvgIpc) is 2.98. The standard InChI is InChI=1S/C16H16N2OS/c1-11(2)15(14-4-3-9-20-14)18-16(19)13-7-5-12(10-17)6-8-13/h3-9,11,15H,1-2H3,(H,18,19)/t15-/m1/s1. The van der Waals surface area contributed by atoms with Crippen molar-refractivity contribution in [3.63, 3.8) is 0 Å². The molecule has 0 aliphatic heterocycles. The molecule has 1 heterocycles. The number of nitriles is 1. The van der Waals surface area contributed by atoms with Crippen LogP contribution in [0.4, 0.5) is 0 Å². The number of nitrogens with one attached hydrogen (secondary N) is 1. The molecule has 20 heavy (non-hydrogen) atoms. The predicted octanol–water partition coefficient (Wildman–Crippen LogP) is 3.75. The van der Waals surface area contributed by atoms with E-state index in [1.54, 1.807) is 35.6 Å². The largest absolute Gasteiger partial charge is 0.344 e. The van der Waals surface area contributed by atoms with Crippen LogP contribution >= 0.6 is 11.3 Å². The summed E-state index contributed by atoms with van der Waals surface area (Å²) >= 11 is 1.64. The van der Waals surface area contributed by atoms with Crippen molar-refractivity contribution in [3.8, 4) is 6.07 Å². The minimum Gasteiger partial charge on any atom is -0.344 e. The second-order valence-corrected chi connectivity index (χ2v) is 5.88. The lowest BCUT2D eigenvalue weighted by Crippen LogP contribution is -2.31. The van der Waals surface area contributed by atoms with Gasteiger partial charge in [0.1, 0.15) is 0 Å². The number of nitrogens with zero attached hydrogens (tertiary/aromatic N) is 1. The van der Waals surface area contributed by atoms with E-state index in [1.807, 2.05) is 23.6 Å². The molecule has 4 heteroatoms. The first-order chi connectivity index (χ1) is 9.61. The van der Waals surface area contributed by atoms with Crippen molar-refractivity contribution in [3.05, 3.63) is 57.8 Å². The SMILES string of the molecule is CC(C)[C@@H](NC(=O)c1ccc(C#N)cc1)c1cccs1. The van der Waals surface area contributed by atoms with Gasteiger partial charge in [-0.1, -0.05) is 19.9 Å². The molecule has 1 atom stereocenters. The number of hydrogen-bond acceptors (Lipinski definition) is 3. The fraction of sp³-hybridized carbons (Fsp3) is 0.250. The van der Waals surface area contributed by atoms with Gasteiger partial charge in [-0.05, 0) is 41.6 Å². The van der Waals surface area contributed by atoms with Crippen molar-refractivity contribution >= 4 is 17.2 Å².